The molecule has 0 unspecified atom stereocenters. The molecule has 2 aromatic carbocycles. The van der Waals surface area contributed by atoms with E-state index in [-0.39, 0.29) is 11.6 Å². The number of nitro groups is 1. The lowest BCUT2D eigenvalue weighted by atomic mass is 10.1. The van der Waals surface area contributed by atoms with Gasteiger partial charge in [-0.25, -0.2) is 0 Å². The Labute approximate surface area is 194 Å². The molecule has 0 bridgehead atoms. The van der Waals surface area contributed by atoms with E-state index in [1.807, 2.05) is 42.8 Å². The number of carbonyl (C=O) groups is 1. The van der Waals surface area contributed by atoms with Gasteiger partial charge in [0.1, 0.15) is 12.4 Å². The molecular weight excluding hydrogens is 444 g/mol. The van der Waals surface area contributed by atoms with Crippen LogP contribution >= 0.6 is 11.6 Å². The molecule has 0 aliphatic heterocycles. The maximum Gasteiger partial charge on any atom is 0.307 e. The van der Waals surface area contributed by atoms with Crippen LogP contribution in [-0.2, 0) is 13.1 Å². The summed E-state index contributed by atoms with van der Waals surface area (Å²) < 4.78 is 3.32. The van der Waals surface area contributed by atoms with Gasteiger partial charge in [0.25, 0.3) is 5.91 Å². The van der Waals surface area contributed by atoms with Gasteiger partial charge in [0, 0.05) is 10.6 Å². The molecule has 4 rings (SSSR count). The number of aromatic nitrogens is 4. The number of nitrogens with one attached hydrogen (secondary N) is 1. The summed E-state index contributed by atoms with van der Waals surface area (Å²) in [6, 6.07) is 14.6. The van der Waals surface area contributed by atoms with Gasteiger partial charge in [-0.1, -0.05) is 35.9 Å². The van der Waals surface area contributed by atoms with Crippen LogP contribution in [0, 0.1) is 24.0 Å². The van der Waals surface area contributed by atoms with E-state index in [1.54, 1.807) is 24.3 Å². The summed E-state index contributed by atoms with van der Waals surface area (Å²) in [6.45, 7) is 4.67. The average molecular weight is 465 g/mol. The molecule has 0 fully saturated rings. The number of rotatable bonds is 7. The Morgan fingerprint density at radius 2 is 1.88 bits per heavy atom. The minimum atomic E-state index is -0.488. The number of hydrogen-bond acceptors (Lipinski definition) is 5. The fraction of sp³-hybridized carbons (Fsp3) is 0.174. The molecular formula is C23H21ClN6O3. The summed E-state index contributed by atoms with van der Waals surface area (Å²) >= 11 is 6.08. The van der Waals surface area contributed by atoms with Gasteiger partial charge < -0.3 is 5.32 Å². The van der Waals surface area contributed by atoms with Crippen molar-refractivity contribution in [2.75, 3.05) is 5.32 Å². The third-order valence-corrected chi connectivity index (χ3v) is 5.47. The molecule has 0 radical (unpaired) electrons. The number of nitrogens with zero attached hydrogens (tertiary/aromatic N) is 5. The molecule has 0 saturated carbocycles. The molecule has 2 aromatic heterocycles. The lowest BCUT2D eigenvalue weighted by Crippen LogP contribution is -2.13. The molecule has 1 amide bonds. The Bertz CT molecular complexity index is 1330. The molecule has 0 atom stereocenters. The maximum atomic E-state index is 12.8. The smallest absolute Gasteiger partial charge is 0.307 e. The second-order valence-corrected chi connectivity index (χ2v) is 8.07. The second-order valence-electron chi connectivity index (χ2n) is 7.64. The first-order valence-corrected chi connectivity index (χ1v) is 10.5. The van der Waals surface area contributed by atoms with Gasteiger partial charge in [-0.15, -0.1) is 0 Å². The molecule has 1 N–H and O–H groups in total. The van der Waals surface area contributed by atoms with E-state index in [9.17, 15) is 14.9 Å². The minimum absolute atomic E-state index is 0.0624. The Kier molecular flexibility index (Phi) is 6.23. The van der Waals surface area contributed by atoms with Gasteiger partial charge in [-0.05, 0) is 49.2 Å². The molecule has 33 heavy (non-hydrogen) atoms. The summed E-state index contributed by atoms with van der Waals surface area (Å²) in [4.78, 5) is 23.1. The largest absolute Gasteiger partial charge is 0.319 e. The van der Waals surface area contributed by atoms with Crippen LogP contribution in [0.3, 0.4) is 0 Å². The second kappa shape index (κ2) is 9.25. The van der Waals surface area contributed by atoms with Crippen molar-refractivity contribution in [3.8, 4) is 0 Å². The van der Waals surface area contributed by atoms with Crippen molar-refractivity contribution in [3.05, 3.63) is 104 Å². The van der Waals surface area contributed by atoms with E-state index in [0.717, 1.165) is 22.5 Å². The molecule has 4 aromatic rings. The zero-order valence-corrected chi connectivity index (χ0v) is 18.8. The highest BCUT2D eigenvalue weighted by Crippen LogP contribution is 2.22. The number of hydrogen-bond donors (Lipinski definition) is 1. The average Bonchev–Trinajstić information content (AvgIpc) is 3.35. The molecule has 9 nitrogen and oxygen atoms in total. The van der Waals surface area contributed by atoms with Crippen LogP contribution in [0.5, 0.6) is 0 Å². The van der Waals surface area contributed by atoms with Gasteiger partial charge in [-0.3, -0.25) is 24.3 Å². The quantitative estimate of drug-likeness (QED) is 0.317. The summed E-state index contributed by atoms with van der Waals surface area (Å²) in [7, 11) is 0. The Morgan fingerprint density at radius 3 is 2.55 bits per heavy atom. The first-order chi connectivity index (χ1) is 15.8. The van der Waals surface area contributed by atoms with E-state index < -0.39 is 4.92 Å². The van der Waals surface area contributed by atoms with Gasteiger partial charge in [-0.2, -0.15) is 10.2 Å². The number of benzene rings is 2. The number of aryl methyl sites for hydroxylation is 1. The third-order valence-electron chi connectivity index (χ3n) is 5.23. The lowest BCUT2D eigenvalue weighted by Gasteiger charge is -2.08. The number of anilines is 1. The van der Waals surface area contributed by atoms with Crippen molar-refractivity contribution in [1.82, 2.24) is 19.6 Å². The minimum Gasteiger partial charge on any atom is -0.319 e. The zero-order chi connectivity index (χ0) is 23.5. The maximum absolute atomic E-state index is 12.8. The van der Waals surface area contributed by atoms with Crippen molar-refractivity contribution in [1.29, 1.82) is 0 Å². The van der Waals surface area contributed by atoms with Gasteiger partial charge >= 0.3 is 5.69 Å². The lowest BCUT2D eigenvalue weighted by molar-refractivity contribution is -0.385. The predicted octanol–water partition coefficient (Wildman–Crippen LogP) is 4.61. The van der Waals surface area contributed by atoms with Crippen molar-refractivity contribution in [2.45, 2.75) is 26.9 Å². The van der Waals surface area contributed by atoms with Crippen LogP contribution in [-0.4, -0.2) is 30.4 Å². The Hall–Kier alpha value is -3.98. The SMILES string of the molecule is Cc1nn(Cc2cccc(Cl)c2)c(C)c1NC(=O)c1ccc(Cn2cc([N+](=O)[O-])cn2)cc1. The monoisotopic (exact) mass is 464 g/mol. The number of halogens is 1. The fourth-order valence-corrected chi connectivity index (χ4v) is 3.72. The zero-order valence-electron chi connectivity index (χ0n) is 18.0. The van der Waals surface area contributed by atoms with E-state index in [2.05, 4.69) is 15.5 Å². The first-order valence-electron chi connectivity index (χ1n) is 10.2. The highest BCUT2D eigenvalue weighted by Gasteiger charge is 2.16. The number of carbonyl (C=O) groups excluding carboxylic acids is 1. The van der Waals surface area contributed by atoms with E-state index in [0.29, 0.717) is 29.4 Å². The fourth-order valence-electron chi connectivity index (χ4n) is 3.51. The summed E-state index contributed by atoms with van der Waals surface area (Å²) in [5.74, 6) is -0.246. The predicted molar refractivity (Wildman–Crippen MR) is 125 cm³/mol. The van der Waals surface area contributed by atoms with Gasteiger partial charge in [0.15, 0.2) is 0 Å². The first kappa shape index (κ1) is 22.2. The van der Waals surface area contributed by atoms with E-state index in [1.165, 1.54) is 17.1 Å². The van der Waals surface area contributed by atoms with Crippen LogP contribution in [0.25, 0.3) is 0 Å². The molecule has 168 valence electrons. The van der Waals surface area contributed by atoms with Gasteiger partial charge in [0.05, 0.1) is 35.1 Å². The highest BCUT2D eigenvalue weighted by atomic mass is 35.5. The van der Waals surface area contributed by atoms with Crippen LogP contribution in [0.1, 0.15) is 32.9 Å². The van der Waals surface area contributed by atoms with E-state index >= 15 is 0 Å². The summed E-state index contributed by atoms with van der Waals surface area (Å²) in [5.41, 5.74) is 4.56. The van der Waals surface area contributed by atoms with Crippen LogP contribution < -0.4 is 5.32 Å². The number of amides is 1. The summed E-state index contributed by atoms with van der Waals surface area (Å²) in [6.07, 6.45) is 2.58. The van der Waals surface area contributed by atoms with Crippen LogP contribution in [0.2, 0.25) is 5.02 Å². The van der Waals surface area contributed by atoms with Crippen molar-refractivity contribution in [2.24, 2.45) is 0 Å². The molecule has 0 spiro atoms. The molecule has 0 saturated heterocycles. The standard InChI is InChI=1S/C23H21ClN6O3/c1-15-22(16(2)29(27-15)13-18-4-3-5-20(24)10-18)26-23(31)19-8-6-17(7-9-19)12-28-14-21(11-25-28)30(32)33/h3-11,14H,12-13H2,1-2H3,(H,26,31). The van der Waals surface area contributed by atoms with E-state index in [4.69, 9.17) is 11.6 Å². The Morgan fingerprint density at radius 1 is 1.12 bits per heavy atom. The topological polar surface area (TPSA) is 108 Å². The Balaban J connectivity index is 1.44. The van der Waals surface area contributed by atoms with Crippen molar-refractivity contribution >= 4 is 28.9 Å². The molecule has 2 heterocycles. The normalized spacial score (nSPS) is 10.9. The van der Waals surface area contributed by atoms with Crippen molar-refractivity contribution in [3.63, 3.8) is 0 Å². The van der Waals surface area contributed by atoms with Crippen LogP contribution in [0.4, 0.5) is 11.4 Å². The van der Waals surface area contributed by atoms with Crippen LogP contribution in [0.15, 0.2) is 60.9 Å². The van der Waals surface area contributed by atoms with Crippen molar-refractivity contribution < 1.29 is 9.72 Å². The van der Waals surface area contributed by atoms with Gasteiger partial charge in [0.2, 0.25) is 0 Å². The summed E-state index contributed by atoms with van der Waals surface area (Å²) in [5, 5.41) is 22.9. The third kappa shape index (κ3) is 5.09. The highest BCUT2D eigenvalue weighted by molar-refractivity contribution is 6.30. The molecule has 0 aliphatic rings. The molecule has 0 aliphatic carbocycles. The molecule has 10 heteroatoms.